The summed E-state index contributed by atoms with van der Waals surface area (Å²) in [6.07, 6.45) is 5.41. The number of hydrogen-bond acceptors (Lipinski definition) is 4. The van der Waals surface area contributed by atoms with Crippen molar-refractivity contribution in [1.82, 2.24) is 0 Å². The van der Waals surface area contributed by atoms with Crippen molar-refractivity contribution in [2.75, 3.05) is 19.8 Å². The second-order valence-corrected chi connectivity index (χ2v) is 6.36. The van der Waals surface area contributed by atoms with E-state index in [1.807, 2.05) is 20.8 Å². The molecule has 0 amide bonds. The Morgan fingerprint density at radius 2 is 1.50 bits per heavy atom. The topological polar surface area (TPSA) is 40.2 Å². The standard InChI is InChI=1S/C7H12O.C6H16O3Si/c1-5-2-3-6-7(4-5)8-6;1-4-7-10(8-5-2)9-6-3/h5-7H,2-4H2,1H3;10H,4-6H2,1-3H3. The molecule has 4 nitrogen and oxygen atoms in total. The average molecular weight is 276 g/mol. The summed E-state index contributed by atoms with van der Waals surface area (Å²) in [4.78, 5) is 0. The largest absolute Gasteiger partial charge is 0.484 e. The Kier molecular flexibility index (Phi) is 8.09. The van der Waals surface area contributed by atoms with Gasteiger partial charge >= 0.3 is 9.53 Å². The van der Waals surface area contributed by atoms with Gasteiger partial charge in [-0.1, -0.05) is 6.92 Å². The van der Waals surface area contributed by atoms with Gasteiger partial charge in [0.2, 0.25) is 0 Å². The summed E-state index contributed by atoms with van der Waals surface area (Å²) in [5.41, 5.74) is 0. The van der Waals surface area contributed by atoms with Crippen molar-refractivity contribution in [3.8, 4) is 0 Å². The van der Waals surface area contributed by atoms with E-state index in [1.54, 1.807) is 0 Å². The maximum absolute atomic E-state index is 5.35. The summed E-state index contributed by atoms with van der Waals surface area (Å²) >= 11 is 0. The molecular formula is C13H28O4Si. The van der Waals surface area contributed by atoms with Crippen LogP contribution < -0.4 is 0 Å². The second-order valence-electron chi connectivity index (χ2n) is 4.79. The van der Waals surface area contributed by atoms with Crippen molar-refractivity contribution in [1.29, 1.82) is 0 Å². The zero-order valence-electron chi connectivity index (χ0n) is 12.2. The predicted molar refractivity (Wildman–Crippen MR) is 73.7 cm³/mol. The van der Waals surface area contributed by atoms with Gasteiger partial charge in [-0.2, -0.15) is 0 Å². The van der Waals surface area contributed by atoms with Crippen LogP contribution in [0.3, 0.4) is 0 Å². The van der Waals surface area contributed by atoms with Crippen LogP contribution in [0.1, 0.15) is 47.0 Å². The fourth-order valence-corrected chi connectivity index (χ4v) is 3.26. The molecule has 3 unspecified atom stereocenters. The average Bonchev–Trinajstić information content (AvgIpc) is 3.09. The molecule has 3 atom stereocenters. The van der Waals surface area contributed by atoms with Gasteiger partial charge in [-0.05, 0) is 46.0 Å². The molecule has 0 spiro atoms. The van der Waals surface area contributed by atoms with E-state index in [9.17, 15) is 0 Å². The highest BCUT2D eigenvalue weighted by atomic mass is 28.3. The Balaban J connectivity index is 0.000000182. The quantitative estimate of drug-likeness (QED) is 0.552. The summed E-state index contributed by atoms with van der Waals surface area (Å²) < 4.78 is 21.0. The van der Waals surface area contributed by atoms with Gasteiger partial charge < -0.3 is 18.0 Å². The van der Waals surface area contributed by atoms with Crippen LogP contribution in [0.2, 0.25) is 0 Å². The van der Waals surface area contributed by atoms with Crippen molar-refractivity contribution < 1.29 is 18.0 Å². The van der Waals surface area contributed by atoms with Crippen LogP contribution in [0.5, 0.6) is 0 Å². The summed E-state index contributed by atoms with van der Waals surface area (Å²) in [6.45, 7) is 10.2. The minimum Gasteiger partial charge on any atom is -0.376 e. The molecule has 0 radical (unpaired) electrons. The lowest BCUT2D eigenvalue weighted by molar-refractivity contribution is 0.107. The molecule has 1 heterocycles. The van der Waals surface area contributed by atoms with Gasteiger partial charge in [-0.25, -0.2) is 0 Å². The number of ether oxygens (including phenoxy) is 1. The van der Waals surface area contributed by atoms with Crippen LogP contribution >= 0.6 is 0 Å². The maximum atomic E-state index is 5.35. The first-order chi connectivity index (χ1) is 8.71. The summed E-state index contributed by atoms with van der Waals surface area (Å²) in [5, 5.41) is 0. The first kappa shape index (κ1) is 16.1. The second kappa shape index (κ2) is 9.04. The van der Waals surface area contributed by atoms with Crippen molar-refractivity contribution in [3.63, 3.8) is 0 Å². The summed E-state index contributed by atoms with van der Waals surface area (Å²) in [5.74, 6) is 0.929. The molecule has 0 aromatic rings. The fourth-order valence-electron chi connectivity index (χ4n) is 2.16. The number of hydrogen-bond donors (Lipinski definition) is 0. The van der Waals surface area contributed by atoms with E-state index in [0.717, 1.165) is 5.92 Å². The van der Waals surface area contributed by atoms with Crippen LogP contribution in [-0.4, -0.2) is 41.6 Å². The number of epoxide rings is 1. The first-order valence-electron chi connectivity index (χ1n) is 7.21. The minimum atomic E-state index is -1.73. The molecule has 0 N–H and O–H groups in total. The highest BCUT2D eigenvalue weighted by Crippen LogP contribution is 2.38. The van der Waals surface area contributed by atoms with E-state index in [1.165, 1.54) is 19.3 Å². The Bertz CT molecular complexity index is 201. The van der Waals surface area contributed by atoms with E-state index >= 15 is 0 Å². The lowest BCUT2D eigenvalue weighted by atomic mass is 9.91. The number of fused-ring (bicyclic) bond motifs is 1. The van der Waals surface area contributed by atoms with E-state index in [2.05, 4.69) is 6.92 Å². The van der Waals surface area contributed by atoms with Crippen LogP contribution in [0, 0.1) is 5.92 Å². The molecular weight excluding hydrogens is 248 g/mol. The lowest BCUT2D eigenvalue weighted by Gasteiger charge is -2.12. The minimum absolute atomic E-state index is 0.677. The van der Waals surface area contributed by atoms with Gasteiger partial charge in [-0.3, -0.25) is 0 Å². The van der Waals surface area contributed by atoms with Crippen LogP contribution in [-0.2, 0) is 18.0 Å². The van der Waals surface area contributed by atoms with E-state index in [-0.39, 0.29) is 0 Å². The van der Waals surface area contributed by atoms with Gasteiger partial charge in [0, 0.05) is 19.8 Å². The maximum Gasteiger partial charge on any atom is 0.484 e. The van der Waals surface area contributed by atoms with Crippen molar-refractivity contribution in [3.05, 3.63) is 0 Å². The third-order valence-corrected chi connectivity index (χ3v) is 4.99. The van der Waals surface area contributed by atoms with Crippen molar-refractivity contribution in [2.45, 2.75) is 59.2 Å². The van der Waals surface area contributed by atoms with Gasteiger partial charge in [0.05, 0.1) is 12.2 Å². The predicted octanol–water partition coefficient (Wildman–Crippen LogP) is 2.39. The van der Waals surface area contributed by atoms with Crippen LogP contribution in [0.25, 0.3) is 0 Å². The molecule has 18 heavy (non-hydrogen) atoms. The molecule has 2 fully saturated rings. The Hall–Kier alpha value is 0.0569. The van der Waals surface area contributed by atoms with Crippen molar-refractivity contribution in [2.24, 2.45) is 5.92 Å². The zero-order chi connectivity index (χ0) is 13.4. The molecule has 2 aliphatic rings. The van der Waals surface area contributed by atoms with E-state index < -0.39 is 9.53 Å². The third-order valence-electron chi connectivity index (χ3n) is 3.17. The SMILES string of the molecule is CC1CCC2OC2C1.CCO[SiH](OCC)OCC. The third kappa shape index (κ3) is 6.29. The number of rotatable bonds is 6. The van der Waals surface area contributed by atoms with E-state index in [4.69, 9.17) is 18.0 Å². The van der Waals surface area contributed by atoms with Crippen LogP contribution in [0.4, 0.5) is 0 Å². The molecule has 0 aromatic heterocycles. The van der Waals surface area contributed by atoms with Gasteiger partial charge in [0.25, 0.3) is 0 Å². The van der Waals surface area contributed by atoms with Gasteiger partial charge in [-0.15, -0.1) is 0 Å². The van der Waals surface area contributed by atoms with Gasteiger partial charge in [0.15, 0.2) is 0 Å². The Labute approximate surface area is 113 Å². The van der Waals surface area contributed by atoms with Crippen LogP contribution in [0.15, 0.2) is 0 Å². The zero-order valence-corrected chi connectivity index (χ0v) is 13.3. The lowest BCUT2D eigenvalue weighted by Crippen LogP contribution is -2.27. The Morgan fingerprint density at radius 1 is 0.944 bits per heavy atom. The normalized spacial score (nSPS) is 29.5. The molecule has 1 aliphatic carbocycles. The van der Waals surface area contributed by atoms with E-state index in [0.29, 0.717) is 32.0 Å². The molecule has 0 aromatic carbocycles. The monoisotopic (exact) mass is 276 g/mol. The smallest absolute Gasteiger partial charge is 0.376 e. The first-order valence-corrected chi connectivity index (χ1v) is 8.62. The molecule has 2 rings (SSSR count). The highest BCUT2D eigenvalue weighted by molar-refractivity contribution is 6.36. The van der Waals surface area contributed by atoms with Crippen molar-refractivity contribution >= 4 is 9.53 Å². The molecule has 0 bridgehead atoms. The summed E-state index contributed by atoms with van der Waals surface area (Å²) in [6, 6.07) is 0. The molecule has 1 saturated carbocycles. The van der Waals surface area contributed by atoms with Gasteiger partial charge in [0.1, 0.15) is 0 Å². The fraction of sp³-hybridized carbons (Fsp3) is 1.00. The molecule has 1 aliphatic heterocycles. The highest BCUT2D eigenvalue weighted by Gasteiger charge is 2.42. The molecule has 5 heteroatoms. The molecule has 1 saturated heterocycles. The Morgan fingerprint density at radius 3 is 1.89 bits per heavy atom. The molecule has 108 valence electrons. The summed E-state index contributed by atoms with van der Waals surface area (Å²) in [7, 11) is -1.73.